The van der Waals surface area contributed by atoms with Crippen molar-refractivity contribution >= 4 is 0 Å². The number of rotatable bonds is 1. The molecule has 1 aliphatic carbocycles. The predicted octanol–water partition coefficient (Wildman–Crippen LogP) is 0.386. The largest absolute Gasteiger partial charge is 0.396 e. The zero-order valence-corrected chi connectivity index (χ0v) is 5.75. The van der Waals surface area contributed by atoms with E-state index in [9.17, 15) is 5.11 Å². The normalized spacial score (nSPS) is 43.7. The van der Waals surface area contributed by atoms with Crippen LogP contribution in [0.3, 0.4) is 0 Å². The fraction of sp³-hybridized carbons (Fsp3) is 1.00. The average Bonchev–Trinajstić information content (AvgIpc) is 2.10. The standard InChI is InChI=1S/C7H14O2/c1-5-2-6(4-8)7(9)3-5/h5-9H,2-4H2,1H3/t5-,6-,7+/m1/s1. The fourth-order valence-electron chi connectivity index (χ4n) is 1.57. The van der Waals surface area contributed by atoms with Crippen LogP contribution in [0, 0.1) is 11.8 Å². The van der Waals surface area contributed by atoms with Crippen LogP contribution in [0.2, 0.25) is 0 Å². The van der Waals surface area contributed by atoms with Crippen LogP contribution < -0.4 is 0 Å². The Hall–Kier alpha value is -0.0800. The molecule has 1 fully saturated rings. The van der Waals surface area contributed by atoms with Crippen molar-refractivity contribution in [2.24, 2.45) is 11.8 Å². The first kappa shape index (κ1) is 7.03. The molecule has 0 aliphatic heterocycles. The van der Waals surface area contributed by atoms with E-state index in [1.807, 2.05) is 0 Å². The van der Waals surface area contributed by atoms with Crippen molar-refractivity contribution in [3.8, 4) is 0 Å². The molecule has 1 aliphatic rings. The van der Waals surface area contributed by atoms with Gasteiger partial charge in [0.25, 0.3) is 0 Å². The molecule has 3 atom stereocenters. The quantitative estimate of drug-likeness (QED) is 0.539. The Morgan fingerprint density at radius 2 is 2.11 bits per heavy atom. The molecule has 54 valence electrons. The first-order valence-corrected chi connectivity index (χ1v) is 3.53. The van der Waals surface area contributed by atoms with Gasteiger partial charge in [-0.1, -0.05) is 6.92 Å². The molecule has 2 heteroatoms. The molecule has 0 aromatic rings. The lowest BCUT2D eigenvalue weighted by Crippen LogP contribution is -2.16. The Labute approximate surface area is 55.5 Å². The van der Waals surface area contributed by atoms with E-state index >= 15 is 0 Å². The van der Waals surface area contributed by atoms with Crippen LogP contribution in [0.4, 0.5) is 0 Å². The van der Waals surface area contributed by atoms with E-state index in [-0.39, 0.29) is 18.6 Å². The van der Waals surface area contributed by atoms with E-state index in [1.165, 1.54) is 0 Å². The van der Waals surface area contributed by atoms with Crippen molar-refractivity contribution in [2.75, 3.05) is 6.61 Å². The van der Waals surface area contributed by atoms with Crippen molar-refractivity contribution in [3.05, 3.63) is 0 Å². The van der Waals surface area contributed by atoms with Gasteiger partial charge < -0.3 is 10.2 Å². The van der Waals surface area contributed by atoms with Gasteiger partial charge in [0.05, 0.1) is 6.10 Å². The van der Waals surface area contributed by atoms with Crippen molar-refractivity contribution in [1.29, 1.82) is 0 Å². The van der Waals surface area contributed by atoms with E-state index < -0.39 is 0 Å². The number of aliphatic hydroxyl groups excluding tert-OH is 2. The maximum atomic E-state index is 9.20. The van der Waals surface area contributed by atoms with E-state index in [2.05, 4.69) is 6.92 Å². The third kappa shape index (κ3) is 1.43. The summed E-state index contributed by atoms with van der Waals surface area (Å²) in [5.41, 5.74) is 0. The molecule has 1 saturated carbocycles. The van der Waals surface area contributed by atoms with Crippen LogP contribution in [0.5, 0.6) is 0 Å². The Balaban J connectivity index is 2.38. The molecule has 0 saturated heterocycles. The molecule has 9 heavy (non-hydrogen) atoms. The van der Waals surface area contributed by atoms with Gasteiger partial charge in [-0.3, -0.25) is 0 Å². The topological polar surface area (TPSA) is 40.5 Å². The van der Waals surface area contributed by atoms with Crippen LogP contribution in [0.25, 0.3) is 0 Å². The van der Waals surface area contributed by atoms with Crippen LogP contribution >= 0.6 is 0 Å². The van der Waals surface area contributed by atoms with Crippen molar-refractivity contribution in [3.63, 3.8) is 0 Å². The number of aliphatic hydroxyl groups is 2. The van der Waals surface area contributed by atoms with E-state index in [0.717, 1.165) is 12.8 Å². The van der Waals surface area contributed by atoms with Gasteiger partial charge in [0.1, 0.15) is 0 Å². The summed E-state index contributed by atoms with van der Waals surface area (Å²) in [6.07, 6.45) is 1.60. The second-order valence-corrected chi connectivity index (χ2v) is 3.09. The molecule has 0 aromatic heterocycles. The highest BCUT2D eigenvalue weighted by Gasteiger charge is 2.29. The Morgan fingerprint density at radius 1 is 1.44 bits per heavy atom. The molecule has 0 spiro atoms. The van der Waals surface area contributed by atoms with Gasteiger partial charge in [0.15, 0.2) is 0 Å². The first-order valence-electron chi connectivity index (χ1n) is 3.53. The summed E-state index contributed by atoms with van der Waals surface area (Å²) >= 11 is 0. The highest BCUT2D eigenvalue weighted by atomic mass is 16.3. The van der Waals surface area contributed by atoms with Crippen molar-refractivity contribution in [2.45, 2.75) is 25.9 Å². The summed E-state index contributed by atoms with van der Waals surface area (Å²) in [7, 11) is 0. The van der Waals surface area contributed by atoms with Crippen molar-refractivity contribution < 1.29 is 10.2 Å². The highest BCUT2D eigenvalue weighted by molar-refractivity contribution is 4.79. The van der Waals surface area contributed by atoms with Gasteiger partial charge in [-0.25, -0.2) is 0 Å². The minimum Gasteiger partial charge on any atom is -0.396 e. The second kappa shape index (κ2) is 2.67. The molecule has 1 rings (SSSR count). The van der Waals surface area contributed by atoms with Crippen LogP contribution in [0.1, 0.15) is 19.8 Å². The summed E-state index contributed by atoms with van der Waals surface area (Å²) in [6, 6.07) is 0. The van der Waals surface area contributed by atoms with Gasteiger partial charge >= 0.3 is 0 Å². The lowest BCUT2D eigenvalue weighted by Gasteiger charge is -2.08. The van der Waals surface area contributed by atoms with Crippen molar-refractivity contribution in [1.82, 2.24) is 0 Å². The maximum absolute atomic E-state index is 9.20. The average molecular weight is 130 g/mol. The van der Waals surface area contributed by atoms with Crippen LogP contribution in [-0.2, 0) is 0 Å². The third-order valence-electron chi connectivity index (χ3n) is 2.13. The minimum atomic E-state index is -0.245. The van der Waals surface area contributed by atoms with Crippen LogP contribution in [0.15, 0.2) is 0 Å². The van der Waals surface area contributed by atoms with E-state index in [0.29, 0.717) is 5.92 Å². The highest BCUT2D eigenvalue weighted by Crippen LogP contribution is 2.29. The molecule has 0 unspecified atom stereocenters. The predicted molar refractivity (Wildman–Crippen MR) is 35.0 cm³/mol. The zero-order chi connectivity index (χ0) is 6.85. The molecule has 0 aromatic carbocycles. The van der Waals surface area contributed by atoms with E-state index in [4.69, 9.17) is 5.11 Å². The molecule has 2 N–H and O–H groups in total. The summed E-state index contributed by atoms with van der Waals surface area (Å²) in [6.45, 7) is 2.25. The first-order chi connectivity index (χ1) is 4.24. The Kier molecular flexibility index (Phi) is 2.09. The summed E-state index contributed by atoms with van der Waals surface area (Å²) in [4.78, 5) is 0. The van der Waals surface area contributed by atoms with Gasteiger partial charge in [-0.2, -0.15) is 0 Å². The van der Waals surface area contributed by atoms with Gasteiger partial charge in [0, 0.05) is 12.5 Å². The number of hydrogen-bond donors (Lipinski definition) is 2. The molecule has 0 bridgehead atoms. The third-order valence-corrected chi connectivity index (χ3v) is 2.13. The fourth-order valence-corrected chi connectivity index (χ4v) is 1.57. The van der Waals surface area contributed by atoms with Crippen LogP contribution in [-0.4, -0.2) is 22.9 Å². The molecule has 2 nitrogen and oxygen atoms in total. The summed E-state index contributed by atoms with van der Waals surface area (Å²) in [5, 5.41) is 17.9. The SMILES string of the molecule is C[C@@H]1C[C@H](CO)[C@@H](O)C1. The molecule has 0 radical (unpaired) electrons. The summed E-state index contributed by atoms with van der Waals surface area (Å²) < 4.78 is 0. The molecular formula is C7H14O2. The minimum absolute atomic E-state index is 0.144. The smallest absolute Gasteiger partial charge is 0.0592 e. The molecule has 0 heterocycles. The molecular weight excluding hydrogens is 116 g/mol. The maximum Gasteiger partial charge on any atom is 0.0592 e. The monoisotopic (exact) mass is 130 g/mol. The Morgan fingerprint density at radius 3 is 2.33 bits per heavy atom. The molecule has 0 amide bonds. The number of hydrogen-bond acceptors (Lipinski definition) is 2. The lowest BCUT2D eigenvalue weighted by atomic mass is 10.1. The van der Waals surface area contributed by atoms with E-state index in [1.54, 1.807) is 0 Å². The lowest BCUT2D eigenvalue weighted by molar-refractivity contribution is 0.0906. The second-order valence-electron chi connectivity index (χ2n) is 3.09. The van der Waals surface area contributed by atoms with Gasteiger partial charge in [-0.05, 0) is 18.8 Å². The van der Waals surface area contributed by atoms with Gasteiger partial charge in [-0.15, -0.1) is 0 Å². The summed E-state index contributed by atoms with van der Waals surface area (Å²) in [5.74, 6) is 0.747. The Bertz CT molecular complexity index is 92.9. The van der Waals surface area contributed by atoms with Gasteiger partial charge in [0.2, 0.25) is 0 Å². The zero-order valence-electron chi connectivity index (χ0n) is 5.75.